The van der Waals surface area contributed by atoms with Gasteiger partial charge in [-0.25, -0.2) is 0 Å². The van der Waals surface area contributed by atoms with Crippen LogP contribution in [0.15, 0.2) is 48.5 Å². The highest BCUT2D eigenvalue weighted by Crippen LogP contribution is 2.27. The van der Waals surface area contributed by atoms with E-state index in [1.54, 1.807) is 14.2 Å². The van der Waals surface area contributed by atoms with Gasteiger partial charge in [-0.1, -0.05) is 36.4 Å². The molecule has 0 saturated carbocycles. The topological polar surface area (TPSA) is 43.7 Å². The van der Waals surface area contributed by atoms with Crippen LogP contribution in [0.4, 0.5) is 0 Å². The smallest absolute Gasteiger partial charge is 0.271 e. The fraction of sp³-hybridized carbons (Fsp3) is 0.318. The van der Waals surface area contributed by atoms with E-state index in [1.807, 2.05) is 65.9 Å². The maximum Gasteiger partial charge on any atom is 0.271 e. The zero-order valence-corrected chi connectivity index (χ0v) is 16.4. The van der Waals surface area contributed by atoms with Gasteiger partial charge in [-0.3, -0.25) is 4.79 Å². The highest BCUT2D eigenvalue weighted by Gasteiger charge is 2.24. The number of ether oxygens (including phenoxy) is 2. The number of hydrogen-bond donors (Lipinski definition) is 0. The van der Waals surface area contributed by atoms with E-state index >= 15 is 0 Å². The molecule has 27 heavy (non-hydrogen) atoms. The third-order valence-electron chi connectivity index (χ3n) is 4.97. The molecule has 0 N–H and O–H groups in total. The average molecular weight is 366 g/mol. The molecule has 0 aliphatic carbocycles. The van der Waals surface area contributed by atoms with Gasteiger partial charge >= 0.3 is 0 Å². The molecule has 3 aromatic rings. The van der Waals surface area contributed by atoms with Gasteiger partial charge in [0.15, 0.2) is 0 Å². The van der Waals surface area contributed by atoms with E-state index in [-0.39, 0.29) is 5.91 Å². The summed E-state index contributed by atoms with van der Waals surface area (Å²) >= 11 is 0. The van der Waals surface area contributed by atoms with Gasteiger partial charge in [0.05, 0.1) is 13.7 Å². The number of methoxy groups -OCH3 is 2. The molecule has 5 nitrogen and oxygen atoms in total. The van der Waals surface area contributed by atoms with E-state index in [1.165, 1.54) is 0 Å². The number of aryl methyl sites for hydroxylation is 2. The van der Waals surface area contributed by atoms with Crippen LogP contribution < -0.4 is 4.74 Å². The van der Waals surface area contributed by atoms with Gasteiger partial charge in [-0.2, -0.15) is 0 Å². The zero-order chi connectivity index (χ0) is 19.4. The highest BCUT2D eigenvalue weighted by atomic mass is 16.5. The summed E-state index contributed by atoms with van der Waals surface area (Å²) in [5.41, 5.74) is 3.74. The van der Waals surface area contributed by atoms with Crippen molar-refractivity contribution >= 4 is 16.8 Å². The lowest BCUT2D eigenvalue weighted by molar-refractivity contribution is 0.0669. The second kappa shape index (κ2) is 8.27. The maximum absolute atomic E-state index is 13.5. The quantitative estimate of drug-likeness (QED) is 0.639. The normalized spacial score (nSPS) is 11.0. The van der Waals surface area contributed by atoms with Gasteiger partial charge in [0.25, 0.3) is 5.91 Å². The molecule has 0 atom stereocenters. The Kier molecular flexibility index (Phi) is 5.81. The van der Waals surface area contributed by atoms with Crippen molar-refractivity contribution in [1.29, 1.82) is 0 Å². The molecule has 5 heteroatoms. The molecular formula is C22H26N2O3. The molecule has 3 rings (SSSR count). The first kappa shape index (κ1) is 19.0. The van der Waals surface area contributed by atoms with Gasteiger partial charge in [-0.05, 0) is 24.6 Å². The van der Waals surface area contributed by atoms with Crippen LogP contribution >= 0.6 is 0 Å². The molecule has 0 fully saturated rings. The van der Waals surface area contributed by atoms with Crippen molar-refractivity contribution in [3.8, 4) is 5.75 Å². The maximum atomic E-state index is 13.5. The first-order valence-electron chi connectivity index (χ1n) is 9.02. The molecule has 0 unspecified atom stereocenters. The number of carbonyl (C=O) groups excluding carboxylic acids is 1. The van der Waals surface area contributed by atoms with Crippen LogP contribution in [-0.2, 0) is 18.3 Å². The van der Waals surface area contributed by atoms with E-state index in [0.29, 0.717) is 25.4 Å². The molecule has 1 heterocycles. The van der Waals surface area contributed by atoms with Crippen LogP contribution in [0, 0.1) is 6.92 Å². The Labute approximate surface area is 160 Å². The Balaban J connectivity index is 1.99. The molecule has 0 bridgehead atoms. The number of rotatable bonds is 7. The largest absolute Gasteiger partial charge is 0.496 e. The van der Waals surface area contributed by atoms with Crippen LogP contribution in [0.5, 0.6) is 5.75 Å². The third-order valence-corrected chi connectivity index (χ3v) is 4.97. The SMILES string of the molecule is COCCN(Cc1ccccc1OC)C(=O)c1c(C)c2ccccc2n1C. The molecular weight excluding hydrogens is 340 g/mol. The van der Waals surface area contributed by atoms with Crippen molar-refractivity contribution in [2.24, 2.45) is 7.05 Å². The lowest BCUT2D eigenvalue weighted by Gasteiger charge is -2.24. The number of nitrogens with zero attached hydrogens (tertiary/aromatic N) is 2. The average Bonchev–Trinajstić information content (AvgIpc) is 2.95. The van der Waals surface area contributed by atoms with Crippen molar-refractivity contribution in [3.63, 3.8) is 0 Å². The summed E-state index contributed by atoms with van der Waals surface area (Å²) in [6.45, 7) is 3.46. The molecule has 142 valence electrons. The van der Waals surface area contributed by atoms with E-state index in [2.05, 4.69) is 6.07 Å². The molecule has 1 amide bonds. The molecule has 0 saturated heterocycles. The number of para-hydroxylation sites is 2. The lowest BCUT2D eigenvalue weighted by Crippen LogP contribution is -2.35. The van der Waals surface area contributed by atoms with Crippen molar-refractivity contribution in [1.82, 2.24) is 9.47 Å². The number of carbonyl (C=O) groups is 1. The molecule has 2 aromatic carbocycles. The third kappa shape index (κ3) is 3.69. The summed E-state index contributed by atoms with van der Waals surface area (Å²) in [6.07, 6.45) is 0. The molecule has 1 aromatic heterocycles. The summed E-state index contributed by atoms with van der Waals surface area (Å²) < 4.78 is 12.7. The number of fused-ring (bicyclic) bond motifs is 1. The number of hydrogen-bond acceptors (Lipinski definition) is 3. The number of amides is 1. The molecule has 0 spiro atoms. The van der Waals surface area contributed by atoms with Crippen molar-refractivity contribution in [3.05, 3.63) is 65.4 Å². The Morgan fingerprint density at radius 1 is 1.07 bits per heavy atom. The fourth-order valence-electron chi connectivity index (χ4n) is 3.53. The minimum Gasteiger partial charge on any atom is -0.496 e. The van der Waals surface area contributed by atoms with Crippen LogP contribution in [0.1, 0.15) is 21.6 Å². The number of aromatic nitrogens is 1. The van der Waals surface area contributed by atoms with Crippen molar-refractivity contribution < 1.29 is 14.3 Å². The van der Waals surface area contributed by atoms with Gasteiger partial charge < -0.3 is 18.9 Å². The monoisotopic (exact) mass is 366 g/mol. The highest BCUT2D eigenvalue weighted by molar-refractivity contribution is 6.01. The predicted octanol–water partition coefficient (Wildman–Crippen LogP) is 3.78. The minimum atomic E-state index is -0.00541. The van der Waals surface area contributed by atoms with E-state index in [4.69, 9.17) is 9.47 Å². The lowest BCUT2D eigenvalue weighted by atomic mass is 10.1. The summed E-state index contributed by atoms with van der Waals surface area (Å²) in [6, 6.07) is 15.9. The first-order valence-corrected chi connectivity index (χ1v) is 9.02. The van der Waals surface area contributed by atoms with E-state index < -0.39 is 0 Å². The van der Waals surface area contributed by atoms with Crippen molar-refractivity contribution in [2.75, 3.05) is 27.4 Å². The van der Waals surface area contributed by atoms with E-state index in [0.717, 1.165) is 27.8 Å². The Morgan fingerprint density at radius 2 is 1.78 bits per heavy atom. The second-order valence-electron chi connectivity index (χ2n) is 6.58. The summed E-state index contributed by atoms with van der Waals surface area (Å²) in [5, 5.41) is 1.10. The second-order valence-corrected chi connectivity index (χ2v) is 6.58. The van der Waals surface area contributed by atoms with Gasteiger partial charge in [0, 0.05) is 43.7 Å². The molecule has 0 radical (unpaired) electrons. The van der Waals surface area contributed by atoms with E-state index in [9.17, 15) is 4.79 Å². The summed E-state index contributed by atoms with van der Waals surface area (Å²) in [4.78, 5) is 15.3. The fourth-order valence-corrected chi connectivity index (χ4v) is 3.53. The van der Waals surface area contributed by atoms with Crippen LogP contribution in [-0.4, -0.2) is 42.7 Å². The molecule has 0 aliphatic rings. The van der Waals surface area contributed by atoms with Crippen LogP contribution in [0.2, 0.25) is 0 Å². The number of benzene rings is 2. The van der Waals surface area contributed by atoms with Crippen LogP contribution in [0.25, 0.3) is 10.9 Å². The first-order chi connectivity index (χ1) is 13.1. The van der Waals surface area contributed by atoms with Gasteiger partial charge in [-0.15, -0.1) is 0 Å². The summed E-state index contributed by atoms with van der Waals surface area (Å²) in [5.74, 6) is 0.774. The van der Waals surface area contributed by atoms with Gasteiger partial charge in [0.2, 0.25) is 0 Å². The standard InChI is InChI=1S/C22H26N2O3/c1-16-18-10-6-7-11-19(18)23(2)21(16)22(25)24(13-14-26-3)15-17-9-5-8-12-20(17)27-4/h5-12H,13-15H2,1-4H3. The zero-order valence-electron chi connectivity index (χ0n) is 16.4. The minimum absolute atomic E-state index is 0.00541. The Hall–Kier alpha value is -2.79. The Bertz CT molecular complexity index is 907. The molecule has 0 aliphatic heterocycles. The summed E-state index contributed by atoms with van der Waals surface area (Å²) in [7, 11) is 5.24. The predicted molar refractivity (Wildman–Crippen MR) is 107 cm³/mol. The van der Waals surface area contributed by atoms with Gasteiger partial charge in [0.1, 0.15) is 11.4 Å². The van der Waals surface area contributed by atoms with Crippen molar-refractivity contribution in [2.45, 2.75) is 13.5 Å². The Morgan fingerprint density at radius 3 is 2.48 bits per heavy atom. The van der Waals surface area contributed by atoms with Crippen LogP contribution in [0.3, 0.4) is 0 Å².